The number of amides is 2. The third-order valence-corrected chi connectivity index (χ3v) is 4.19. The monoisotopic (exact) mass is 338 g/mol. The molecular formula is C20H22N2O3. The number of benzene rings is 2. The first kappa shape index (κ1) is 17.0. The molecule has 0 saturated heterocycles. The summed E-state index contributed by atoms with van der Waals surface area (Å²) in [5.41, 5.74) is 3.13. The number of carbonyl (C=O) groups is 2. The average molecular weight is 338 g/mol. The van der Waals surface area contributed by atoms with Crippen molar-refractivity contribution in [3.8, 4) is 5.75 Å². The fourth-order valence-electron chi connectivity index (χ4n) is 2.56. The predicted octanol–water partition coefficient (Wildman–Crippen LogP) is 3.08. The molecule has 0 atom stereocenters. The lowest BCUT2D eigenvalue weighted by Crippen LogP contribution is -2.26. The zero-order chi connectivity index (χ0) is 17.8. The van der Waals surface area contributed by atoms with Crippen molar-refractivity contribution >= 4 is 17.5 Å². The van der Waals surface area contributed by atoms with E-state index in [9.17, 15) is 9.59 Å². The second-order valence-electron chi connectivity index (χ2n) is 6.35. The number of anilines is 1. The molecule has 2 aromatic carbocycles. The smallest absolute Gasteiger partial charge is 0.255 e. The van der Waals surface area contributed by atoms with Gasteiger partial charge in [-0.15, -0.1) is 0 Å². The normalized spacial score (nSPS) is 13.2. The number of nitrogens with one attached hydrogen (secondary N) is 2. The highest BCUT2D eigenvalue weighted by molar-refractivity contribution is 6.04. The van der Waals surface area contributed by atoms with E-state index < -0.39 is 0 Å². The Morgan fingerprint density at radius 1 is 1.12 bits per heavy atom. The van der Waals surface area contributed by atoms with E-state index in [1.54, 1.807) is 19.2 Å². The van der Waals surface area contributed by atoms with Gasteiger partial charge in [-0.2, -0.15) is 0 Å². The lowest BCUT2D eigenvalue weighted by atomic mass is 10.1. The lowest BCUT2D eigenvalue weighted by Gasteiger charge is -2.09. The van der Waals surface area contributed by atoms with Crippen LogP contribution in [0.1, 0.15) is 34.3 Å². The average Bonchev–Trinajstić information content (AvgIpc) is 3.40. The van der Waals surface area contributed by atoms with E-state index in [-0.39, 0.29) is 11.8 Å². The van der Waals surface area contributed by atoms with Gasteiger partial charge >= 0.3 is 0 Å². The summed E-state index contributed by atoms with van der Waals surface area (Å²) < 4.78 is 5.25. The highest BCUT2D eigenvalue weighted by Gasteiger charge is 2.23. The van der Waals surface area contributed by atoms with Gasteiger partial charge in [-0.25, -0.2) is 0 Å². The number of methoxy groups -OCH3 is 1. The van der Waals surface area contributed by atoms with E-state index >= 15 is 0 Å². The molecule has 0 bridgehead atoms. The lowest BCUT2D eigenvalue weighted by molar-refractivity contribution is -0.120. The molecule has 1 saturated carbocycles. The molecule has 25 heavy (non-hydrogen) atoms. The Kier molecular flexibility index (Phi) is 5.03. The van der Waals surface area contributed by atoms with Crippen LogP contribution >= 0.6 is 0 Å². The predicted molar refractivity (Wildman–Crippen MR) is 97.0 cm³/mol. The van der Waals surface area contributed by atoms with Crippen LogP contribution in [0.4, 0.5) is 5.69 Å². The second-order valence-corrected chi connectivity index (χ2v) is 6.35. The molecule has 0 spiro atoms. The van der Waals surface area contributed by atoms with Crippen LogP contribution in [-0.2, 0) is 11.2 Å². The Hall–Kier alpha value is -2.82. The van der Waals surface area contributed by atoms with Crippen molar-refractivity contribution in [2.45, 2.75) is 32.2 Å². The van der Waals surface area contributed by atoms with Crippen LogP contribution in [0.5, 0.6) is 5.75 Å². The van der Waals surface area contributed by atoms with Gasteiger partial charge in [0.25, 0.3) is 5.91 Å². The van der Waals surface area contributed by atoms with Crippen LogP contribution in [0.3, 0.4) is 0 Å². The summed E-state index contributed by atoms with van der Waals surface area (Å²) in [6, 6.07) is 13.1. The van der Waals surface area contributed by atoms with Crippen molar-refractivity contribution in [2.24, 2.45) is 0 Å². The molecule has 2 N–H and O–H groups in total. The molecule has 5 heteroatoms. The Labute approximate surface area is 147 Å². The molecule has 2 aromatic rings. The maximum atomic E-state index is 12.4. The SMILES string of the molecule is COc1cc(C(=O)Nc2ccc(CC(=O)NC3CC3)cc2)ccc1C. The maximum Gasteiger partial charge on any atom is 0.255 e. The van der Waals surface area contributed by atoms with E-state index in [1.807, 2.05) is 37.3 Å². The number of hydrogen-bond donors (Lipinski definition) is 2. The Morgan fingerprint density at radius 2 is 1.84 bits per heavy atom. The van der Waals surface area contributed by atoms with Crippen LogP contribution in [0.25, 0.3) is 0 Å². The molecule has 0 aliphatic heterocycles. The zero-order valence-corrected chi connectivity index (χ0v) is 14.5. The van der Waals surface area contributed by atoms with E-state index in [0.29, 0.717) is 29.5 Å². The Bertz CT molecular complexity index is 780. The number of aryl methyl sites for hydroxylation is 1. The van der Waals surface area contributed by atoms with E-state index in [4.69, 9.17) is 4.74 Å². The zero-order valence-electron chi connectivity index (χ0n) is 14.5. The number of rotatable bonds is 6. The minimum absolute atomic E-state index is 0.0473. The van der Waals surface area contributed by atoms with Crippen molar-refractivity contribution in [1.29, 1.82) is 0 Å². The molecule has 0 aromatic heterocycles. The first-order valence-electron chi connectivity index (χ1n) is 8.39. The van der Waals surface area contributed by atoms with Crippen molar-refractivity contribution < 1.29 is 14.3 Å². The minimum atomic E-state index is -0.197. The Balaban J connectivity index is 1.60. The molecule has 0 heterocycles. The van der Waals surface area contributed by atoms with E-state index in [0.717, 1.165) is 24.0 Å². The molecule has 1 aliphatic carbocycles. The van der Waals surface area contributed by atoms with Gasteiger partial charge < -0.3 is 15.4 Å². The maximum absolute atomic E-state index is 12.4. The number of ether oxygens (including phenoxy) is 1. The van der Waals surface area contributed by atoms with Gasteiger partial charge in [-0.3, -0.25) is 9.59 Å². The van der Waals surface area contributed by atoms with Crippen molar-refractivity contribution in [2.75, 3.05) is 12.4 Å². The van der Waals surface area contributed by atoms with Crippen LogP contribution in [0.2, 0.25) is 0 Å². The van der Waals surface area contributed by atoms with Crippen LogP contribution in [-0.4, -0.2) is 25.0 Å². The van der Waals surface area contributed by atoms with Gasteiger partial charge in [0.05, 0.1) is 13.5 Å². The molecule has 0 unspecified atom stereocenters. The highest BCUT2D eigenvalue weighted by atomic mass is 16.5. The van der Waals surface area contributed by atoms with Gasteiger partial charge in [0.15, 0.2) is 0 Å². The number of hydrogen-bond acceptors (Lipinski definition) is 3. The highest BCUT2D eigenvalue weighted by Crippen LogP contribution is 2.21. The molecule has 130 valence electrons. The standard InChI is InChI=1S/C20H22N2O3/c1-13-3-6-15(12-18(13)25-2)20(24)22-17-7-4-14(5-8-17)11-19(23)21-16-9-10-16/h3-8,12,16H,9-11H2,1-2H3,(H,21,23)(H,22,24). The molecular weight excluding hydrogens is 316 g/mol. The summed E-state index contributed by atoms with van der Waals surface area (Å²) in [4.78, 5) is 24.2. The Morgan fingerprint density at radius 3 is 2.48 bits per heavy atom. The van der Waals surface area contributed by atoms with Crippen molar-refractivity contribution in [3.05, 3.63) is 59.2 Å². The molecule has 1 aliphatic rings. The minimum Gasteiger partial charge on any atom is -0.496 e. The second kappa shape index (κ2) is 7.38. The van der Waals surface area contributed by atoms with E-state index in [1.165, 1.54) is 0 Å². The number of carbonyl (C=O) groups excluding carboxylic acids is 2. The summed E-state index contributed by atoms with van der Waals surface area (Å²) in [7, 11) is 1.59. The summed E-state index contributed by atoms with van der Waals surface area (Å²) in [6.45, 7) is 1.93. The van der Waals surface area contributed by atoms with Gasteiger partial charge in [0, 0.05) is 17.3 Å². The van der Waals surface area contributed by atoms with Crippen LogP contribution in [0, 0.1) is 6.92 Å². The topological polar surface area (TPSA) is 67.4 Å². The quantitative estimate of drug-likeness (QED) is 0.850. The van der Waals surface area contributed by atoms with E-state index in [2.05, 4.69) is 10.6 Å². The largest absolute Gasteiger partial charge is 0.496 e. The molecule has 3 rings (SSSR count). The fraction of sp³-hybridized carbons (Fsp3) is 0.300. The van der Waals surface area contributed by atoms with Gasteiger partial charge in [-0.1, -0.05) is 18.2 Å². The third-order valence-electron chi connectivity index (χ3n) is 4.19. The summed E-state index contributed by atoms with van der Waals surface area (Å²) in [6.07, 6.45) is 2.53. The first-order valence-corrected chi connectivity index (χ1v) is 8.39. The summed E-state index contributed by atoms with van der Waals surface area (Å²) in [5, 5.41) is 5.82. The van der Waals surface area contributed by atoms with Crippen molar-refractivity contribution in [3.63, 3.8) is 0 Å². The molecule has 2 amide bonds. The fourth-order valence-corrected chi connectivity index (χ4v) is 2.56. The molecule has 1 fully saturated rings. The van der Waals surface area contributed by atoms with Gasteiger partial charge in [0.1, 0.15) is 5.75 Å². The first-order chi connectivity index (χ1) is 12.0. The van der Waals surface area contributed by atoms with Gasteiger partial charge in [-0.05, 0) is 55.2 Å². The summed E-state index contributed by atoms with van der Waals surface area (Å²) >= 11 is 0. The third kappa shape index (κ3) is 4.59. The van der Waals surface area contributed by atoms with Crippen LogP contribution < -0.4 is 15.4 Å². The van der Waals surface area contributed by atoms with Crippen LogP contribution in [0.15, 0.2) is 42.5 Å². The van der Waals surface area contributed by atoms with Crippen molar-refractivity contribution in [1.82, 2.24) is 5.32 Å². The molecule has 5 nitrogen and oxygen atoms in total. The molecule has 0 radical (unpaired) electrons. The van der Waals surface area contributed by atoms with Gasteiger partial charge in [0.2, 0.25) is 5.91 Å². The summed E-state index contributed by atoms with van der Waals surface area (Å²) in [5.74, 6) is 0.535.